The summed E-state index contributed by atoms with van der Waals surface area (Å²) < 4.78 is 51.3. The Hall–Kier alpha value is -2.09. The lowest BCUT2D eigenvalue weighted by Crippen LogP contribution is -2.14. The molecule has 3 rings (SSSR count). The number of hydrogen-bond donors (Lipinski definition) is 1. The van der Waals surface area contributed by atoms with E-state index in [0.29, 0.717) is 15.8 Å². The normalized spacial score (nSPS) is 12.2. The molecule has 0 bridgehead atoms. The zero-order chi connectivity index (χ0) is 18.2. The number of benzene rings is 3. The third-order valence-electron chi connectivity index (χ3n) is 3.63. The fourth-order valence-electron chi connectivity index (χ4n) is 2.47. The minimum absolute atomic E-state index is 0.0358. The number of halogens is 1. The van der Waals surface area contributed by atoms with Gasteiger partial charge in [-0.3, -0.25) is 4.72 Å². The molecule has 0 heterocycles. The number of sulfonamides is 1. The molecule has 5 nitrogen and oxygen atoms in total. The Morgan fingerprint density at radius 2 is 1.52 bits per heavy atom. The number of fused-ring (bicyclic) bond motifs is 1. The molecule has 0 radical (unpaired) electrons. The van der Waals surface area contributed by atoms with Crippen molar-refractivity contribution in [1.29, 1.82) is 0 Å². The summed E-state index contributed by atoms with van der Waals surface area (Å²) in [6.07, 6.45) is 1.06. The quantitative estimate of drug-likeness (QED) is 0.730. The van der Waals surface area contributed by atoms with Gasteiger partial charge in [-0.1, -0.05) is 41.9 Å². The van der Waals surface area contributed by atoms with Gasteiger partial charge in [0.1, 0.15) is 0 Å². The van der Waals surface area contributed by atoms with Gasteiger partial charge in [-0.15, -0.1) is 0 Å². The van der Waals surface area contributed by atoms with Crippen LogP contribution in [0, 0.1) is 0 Å². The highest BCUT2D eigenvalue weighted by Gasteiger charge is 2.19. The Balaban J connectivity index is 2.09. The molecular formula is C17H14ClNO4S2. The molecule has 0 aliphatic rings. The van der Waals surface area contributed by atoms with E-state index in [1.54, 1.807) is 24.3 Å². The third-order valence-corrected chi connectivity index (χ3v) is 6.51. The lowest BCUT2D eigenvalue weighted by molar-refractivity contribution is 0.599. The van der Waals surface area contributed by atoms with Gasteiger partial charge in [-0.2, -0.15) is 0 Å². The average Bonchev–Trinajstić information content (AvgIpc) is 2.54. The molecule has 130 valence electrons. The second-order valence-corrected chi connectivity index (χ2v) is 9.57. The fourth-order valence-corrected chi connectivity index (χ4v) is 4.63. The van der Waals surface area contributed by atoms with Crippen LogP contribution in [0.2, 0.25) is 5.02 Å². The van der Waals surface area contributed by atoms with Gasteiger partial charge in [0.2, 0.25) is 0 Å². The van der Waals surface area contributed by atoms with Gasteiger partial charge in [0.15, 0.2) is 9.84 Å². The van der Waals surface area contributed by atoms with Gasteiger partial charge < -0.3 is 0 Å². The summed E-state index contributed by atoms with van der Waals surface area (Å²) in [6.45, 7) is 0. The van der Waals surface area contributed by atoms with Crippen molar-refractivity contribution in [2.24, 2.45) is 0 Å². The summed E-state index contributed by atoms with van der Waals surface area (Å²) in [7, 11) is -7.36. The molecule has 0 aliphatic heterocycles. The maximum atomic E-state index is 12.8. The molecule has 0 aromatic heterocycles. The lowest BCUT2D eigenvalue weighted by Gasteiger charge is -2.12. The predicted molar refractivity (Wildman–Crippen MR) is 99.3 cm³/mol. The second-order valence-electron chi connectivity index (χ2n) is 5.50. The summed E-state index contributed by atoms with van der Waals surface area (Å²) in [5.74, 6) is 0. The largest absolute Gasteiger partial charge is 0.280 e. The monoisotopic (exact) mass is 395 g/mol. The van der Waals surface area contributed by atoms with E-state index >= 15 is 0 Å². The van der Waals surface area contributed by atoms with Gasteiger partial charge in [-0.25, -0.2) is 16.8 Å². The van der Waals surface area contributed by atoms with Crippen molar-refractivity contribution in [2.75, 3.05) is 11.0 Å². The number of anilines is 1. The molecule has 0 spiro atoms. The van der Waals surface area contributed by atoms with E-state index in [2.05, 4.69) is 4.72 Å². The Morgan fingerprint density at radius 3 is 2.20 bits per heavy atom. The van der Waals surface area contributed by atoms with Crippen molar-refractivity contribution in [2.45, 2.75) is 9.79 Å². The van der Waals surface area contributed by atoms with Gasteiger partial charge in [0.25, 0.3) is 10.0 Å². The van der Waals surface area contributed by atoms with Crippen LogP contribution in [0.15, 0.2) is 70.5 Å². The highest BCUT2D eigenvalue weighted by atomic mass is 35.5. The molecular weight excluding hydrogens is 382 g/mol. The average molecular weight is 396 g/mol. The molecule has 0 amide bonds. The topological polar surface area (TPSA) is 80.3 Å². The zero-order valence-corrected chi connectivity index (χ0v) is 15.5. The number of hydrogen-bond acceptors (Lipinski definition) is 4. The van der Waals surface area contributed by atoms with Crippen LogP contribution in [0.25, 0.3) is 10.8 Å². The highest BCUT2D eigenvalue weighted by Crippen LogP contribution is 2.30. The number of rotatable bonds is 4. The molecule has 0 unspecified atom stereocenters. The van der Waals surface area contributed by atoms with Crippen LogP contribution in [0.4, 0.5) is 5.69 Å². The van der Waals surface area contributed by atoms with Crippen molar-refractivity contribution >= 4 is 47.9 Å². The smallest absolute Gasteiger partial charge is 0.262 e. The Morgan fingerprint density at radius 1 is 0.840 bits per heavy atom. The van der Waals surface area contributed by atoms with E-state index in [1.165, 1.54) is 36.4 Å². The zero-order valence-electron chi connectivity index (χ0n) is 13.1. The molecule has 3 aromatic rings. The first-order valence-electron chi connectivity index (χ1n) is 7.19. The second kappa shape index (κ2) is 6.33. The molecule has 0 aliphatic carbocycles. The van der Waals surface area contributed by atoms with Gasteiger partial charge >= 0.3 is 0 Å². The van der Waals surface area contributed by atoms with Crippen molar-refractivity contribution in [3.8, 4) is 0 Å². The Bertz CT molecular complexity index is 1170. The summed E-state index contributed by atoms with van der Waals surface area (Å²) >= 11 is 6.13. The maximum absolute atomic E-state index is 12.8. The van der Waals surface area contributed by atoms with Crippen molar-refractivity contribution in [1.82, 2.24) is 0 Å². The first kappa shape index (κ1) is 17.7. The van der Waals surface area contributed by atoms with Crippen LogP contribution in [-0.2, 0) is 19.9 Å². The van der Waals surface area contributed by atoms with Crippen LogP contribution < -0.4 is 4.72 Å². The van der Waals surface area contributed by atoms with Crippen LogP contribution in [0.3, 0.4) is 0 Å². The standard InChI is InChI=1S/C17H14ClNO4S2/c1-24(20,21)13-6-4-5-12(11-13)19-25(22,23)17-10-9-16(18)14-7-2-3-8-15(14)17/h2-11,19H,1H3. The Kier molecular flexibility index (Phi) is 4.49. The molecule has 1 N–H and O–H groups in total. The summed E-state index contributed by atoms with van der Waals surface area (Å²) in [5, 5.41) is 1.56. The molecule has 8 heteroatoms. The predicted octanol–water partition coefficient (Wildman–Crippen LogP) is 3.70. The van der Waals surface area contributed by atoms with Crippen LogP contribution in [0.1, 0.15) is 0 Å². The lowest BCUT2D eigenvalue weighted by atomic mass is 10.1. The van der Waals surface area contributed by atoms with E-state index in [1.807, 2.05) is 0 Å². The van der Waals surface area contributed by atoms with Crippen molar-refractivity contribution in [3.05, 3.63) is 65.7 Å². The number of nitrogens with one attached hydrogen (secondary N) is 1. The summed E-state index contributed by atoms with van der Waals surface area (Å²) in [6, 6.07) is 15.5. The molecule has 0 atom stereocenters. The summed E-state index contributed by atoms with van der Waals surface area (Å²) in [5.41, 5.74) is 0.168. The van der Waals surface area contributed by atoms with E-state index in [9.17, 15) is 16.8 Å². The Labute approximate surface area is 151 Å². The van der Waals surface area contributed by atoms with Crippen LogP contribution in [-0.4, -0.2) is 23.1 Å². The molecule has 0 saturated heterocycles. The van der Waals surface area contributed by atoms with Crippen LogP contribution >= 0.6 is 11.6 Å². The van der Waals surface area contributed by atoms with E-state index in [-0.39, 0.29) is 15.5 Å². The molecule has 25 heavy (non-hydrogen) atoms. The number of sulfone groups is 1. The fraction of sp³-hybridized carbons (Fsp3) is 0.0588. The maximum Gasteiger partial charge on any atom is 0.262 e. The first-order valence-corrected chi connectivity index (χ1v) is 10.9. The van der Waals surface area contributed by atoms with Crippen molar-refractivity contribution in [3.63, 3.8) is 0 Å². The van der Waals surface area contributed by atoms with Crippen molar-refractivity contribution < 1.29 is 16.8 Å². The van der Waals surface area contributed by atoms with Crippen LogP contribution in [0.5, 0.6) is 0 Å². The minimum Gasteiger partial charge on any atom is -0.280 e. The molecule has 0 fully saturated rings. The van der Waals surface area contributed by atoms with E-state index < -0.39 is 19.9 Å². The minimum atomic E-state index is -3.92. The summed E-state index contributed by atoms with van der Waals surface area (Å²) in [4.78, 5) is 0.103. The van der Waals surface area contributed by atoms with E-state index in [0.717, 1.165) is 6.26 Å². The van der Waals surface area contributed by atoms with E-state index in [4.69, 9.17) is 11.6 Å². The first-order chi connectivity index (χ1) is 11.7. The van der Waals surface area contributed by atoms with Gasteiger partial charge in [0, 0.05) is 22.1 Å². The molecule has 3 aromatic carbocycles. The SMILES string of the molecule is CS(=O)(=O)c1cccc(NS(=O)(=O)c2ccc(Cl)c3ccccc23)c1. The third kappa shape index (κ3) is 3.63. The molecule has 0 saturated carbocycles. The highest BCUT2D eigenvalue weighted by molar-refractivity contribution is 7.93. The van der Waals surface area contributed by atoms with Gasteiger partial charge in [0.05, 0.1) is 15.5 Å². The van der Waals surface area contributed by atoms with Gasteiger partial charge in [-0.05, 0) is 30.3 Å².